The van der Waals surface area contributed by atoms with Crippen molar-refractivity contribution in [2.75, 3.05) is 11.1 Å². The van der Waals surface area contributed by atoms with Gasteiger partial charge in [0.05, 0.1) is 17.7 Å². The van der Waals surface area contributed by atoms with Crippen molar-refractivity contribution in [1.29, 1.82) is 5.26 Å². The Morgan fingerprint density at radius 1 is 1.11 bits per heavy atom. The van der Waals surface area contributed by atoms with Crippen molar-refractivity contribution < 1.29 is 0 Å². The van der Waals surface area contributed by atoms with Gasteiger partial charge in [0.15, 0.2) is 0 Å². The lowest BCUT2D eigenvalue weighted by Gasteiger charge is -2.14. The molecule has 1 atom stereocenters. The lowest BCUT2D eigenvalue weighted by molar-refractivity contribution is 0.900. The standard InChI is InChI=1S/C15H12N2S/c16-9-11-5-7-12(8-6-11)17-14-10-18-15-4-2-1-3-13(14)15/h1-8,14,17H,10H2. The first-order valence-corrected chi connectivity index (χ1v) is 6.84. The molecule has 0 spiro atoms. The van der Waals surface area contributed by atoms with Gasteiger partial charge in [-0.25, -0.2) is 0 Å². The van der Waals surface area contributed by atoms with E-state index in [4.69, 9.17) is 5.26 Å². The molecular weight excluding hydrogens is 240 g/mol. The summed E-state index contributed by atoms with van der Waals surface area (Å²) < 4.78 is 0. The third-order valence-electron chi connectivity index (χ3n) is 3.05. The highest BCUT2D eigenvalue weighted by Gasteiger charge is 2.22. The molecule has 1 N–H and O–H groups in total. The fourth-order valence-corrected chi connectivity index (χ4v) is 3.29. The zero-order chi connectivity index (χ0) is 12.4. The molecule has 2 nitrogen and oxygen atoms in total. The van der Waals surface area contributed by atoms with Gasteiger partial charge >= 0.3 is 0 Å². The molecule has 0 aliphatic carbocycles. The number of rotatable bonds is 2. The average molecular weight is 252 g/mol. The van der Waals surface area contributed by atoms with E-state index in [1.54, 1.807) is 0 Å². The van der Waals surface area contributed by atoms with E-state index in [1.807, 2.05) is 36.0 Å². The lowest BCUT2D eigenvalue weighted by atomic mass is 10.1. The van der Waals surface area contributed by atoms with E-state index in [0.29, 0.717) is 11.6 Å². The number of hydrogen-bond acceptors (Lipinski definition) is 3. The highest BCUT2D eigenvalue weighted by atomic mass is 32.2. The molecule has 3 heteroatoms. The van der Waals surface area contributed by atoms with Gasteiger partial charge in [-0.15, -0.1) is 11.8 Å². The molecule has 2 aromatic carbocycles. The van der Waals surface area contributed by atoms with Crippen LogP contribution in [-0.2, 0) is 0 Å². The Balaban J connectivity index is 1.80. The summed E-state index contributed by atoms with van der Waals surface area (Å²) >= 11 is 1.89. The predicted molar refractivity (Wildman–Crippen MR) is 74.7 cm³/mol. The number of nitrogens with zero attached hydrogens (tertiary/aromatic N) is 1. The molecule has 1 aliphatic rings. The first-order chi connectivity index (χ1) is 8.86. The molecule has 1 aliphatic heterocycles. The van der Waals surface area contributed by atoms with Crippen LogP contribution in [0.15, 0.2) is 53.4 Å². The van der Waals surface area contributed by atoms with E-state index >= 15 is 0 Å². The molecule has 0 aromatic heterocycles. The number of nitrogens with one attached hydrogen (secondary N) is 1. The smallest absolute Gasteiger partial charge is 0.0991 e. The minimum atomic E-state index is 0.360. The monoisotopic (exact) mass is 252 g/mol. The molecule has 1 unspecified atom stereocenters. The van der Waals surface area contributed by atoms with Crippen LogP contribution in [0.4, 0.5) is 5.69 Å². The Hall–Kier alpha value is -1.92. The summed E-state index contributed by atoms with van der Waals surface area (Å²) in [6, 6.07) is 18.6. The Morgan fingerprint density at radius 3 is 2.67 bits per heavy atom. The van der Waals surface area contributed by atoms with E-state index in [-0.39, 0.29) is 0 Å². The second-order valence-corrected chi connectivity index (χ2v) is 5.30. The number of thioether (sulfide) groups is 1. The van der Waals surface area contributed by atoms with Gasteiger partial charge < -0.3 is 5.32 Å². The minimum Gasteiger partial charge on any atom is -0.377 e. The zero-order valence-corrected chi connectivity index (χ0v) is 10.6. The number of hydrogen-bond donors (Lipinski definition) is 1. The van der Waals surface area contributed by atoms with Crippen molar-refractivity contribution in [1.82, 2.24) is 0 Å². The van der Waals surface area contributed by atoms with Crippen molar-refractivity contribution in [3.63, 3.8) is 0 Å². The van der Waals surface area contributed by atoms with Crippen LogP contribution in [0.25, 0.3) is 0 Å². The maximum Gasteiger partial charge on any atom is 0.0991 e. The molecule has 2 aromatic rings. The summed E-state index contributed by atoms with van der Waals surface area (Å²) in [5, 5.41) is 12.3. The van der Waals surface area contributed by atoms with Crippen molar-refractivity contribution in [2.24, 2.45) is 0 Å². The van der Waals surface area contributed by atoms with Crippen molar-refractivity contribution in [2.45, 2.75) is 10.9 Å². The van der Waals surface area contributed by atoms with Gasteiger partial charge in [-0.3, -0.25) is 0 Å². The summed E-state index contributed by atoms with van der Waals surface area (Å²) in [5.41, 5.74) is 3.13. The van der Waals surface area contributed by atoms with Crippen LogP contribution in [0.5, 0.6) is 0 Å². The normalized spacial score (nSPS) is 16.9. The van der Waals surface area contributed by atoms with Crippen LogP contribution in [0.3, 0.4) is 0 Å². The Labute approximate surface area is 111 Å². The molecule has 0 saturated heterocycles. The second-order valence-electron chi connectivity index (χ2n) is 4.23. The highest BCUT2D eigenvalue weighted by Crippen LogP contribution is 2.39. The summed E-state index contributed by atoms with van der Waals surface area (Å²) in [5.74, 6) is 1.05. The lowest BCUT2D eigenvalue weighted by Crippen LogP contribution is -2.09. The molecule has 0 fully saturated rings. The third-order valence-corrected chi connectivity index (χ3v) is 4.24. The number of nitriles is 1. The molecule has 3 rings (SSSR count). The van der Waals surface area contributed by atoms with Gasteiger partial charge in [0, 0.05) is 16.3 Å². The first kappa shape index (κ1) is 11.2. The largest absolute Gasteiger partial charge is 0.377 e. The number of benzene rings is 2. The molecule has 1 heterocycles. The summed E-state index contributed by atoms with van der Waals surface area (Å²) in [4.78, 5) is 1.36. The number of anilines is 1. The van der Waals surface area contributed by atoms with Crippen molar-refractivity contribution in [3.05, 3.63) is 59.7 Å². The fraction of sp³-hybridized carbons (Fsp3) is 0.133. The van der Waals surface area contributed by atoms with Crippen LogP contribution in [0, 0.1) is 11.3 Å². The van der Waals surface area contributed by atoms with Gasteiger partial charge in [-0.2, -0.15) is 5.26 Å². The van der Waals surface area contributed by atoms with Crippen LogP contribution >= 0.6 is 11.8 Å². The Kier molecular flexibility index (Phi) is 2.95. The summed E-state index contributed by atoms with van der Waals surface area (Å²) in [6.07, 6.45) is 0. The van der Waals surface area contributed by atoms with Crippen LogP contribution in [0.2, 0.25) is 0 Å². The molecule has 0 saturated carbocycles. The van der Waals surface area contributed by atoms with Crippen LogP contribution < -0.4 is 5.32 Å². The Bertz CT molecular complexity index is 599. The first-order valence-electron chi connectivity index (χ1n) is 5.85. The van der Waals surface area contributed by atoms with Gasteiger partial charge in [-0.1, -0.05) is 18.2 Å². The van der Waals surface area contributed by atoms with Gasteiger partial charge in [0.25, 0.3) is 0 Å². The predicted octanol–water partition coefficient (Wildman–Crippen LogP) is 3.82. The molecule has 0 amide bonds. The fourth-order valence-electron chi connectivity index (χ4n) is 2.12. The molecule has 0 bridgehead atoms. The van der Waals surface area contributed by atoms with E-state index in [9.17, 15) is 0 Å². The van der Waals surface area contributed by atoms with Crippen molar-refractivity contribution >= 4 is 17.4 Å². The zero-order valence-electron chi connectivity index (χ0n) is 9.76. The quantitative estimate of drug-likeness (QED) is 0.882. The molecule has 0 radical (unpaired) electrons. The summed E-state index contributed by atoms with van der Waals surface area (Å²) in [6.45, 7) is 0. The Morgan fingerprint density at radius 2 is 1.89 bits per heavy atom. The van der Waals surface area contributed by atoms with E-state index in [0.717, 1.165) is 11.4 Å². The average Bonchev–Trinajstić information content (AvgIpc) is 2.83. The van der Waals surface area contributed by atoms with E-state index in [1.165, 1.54) is 10.5 Å². The SMILES string of the molecule is N#Cc1ccc(NC2CSc3ccccc32)cc1. The minimum absolute atomic E-state index is 0.360. The van der Waals surface area contributed by atoms with Crippen LogP contribution in [-0.4, -0.2) is 5.75 Å². The summed E-state index contributed by atoms with van der Waals surface area (Å²) in [7, 11) is 0. The number of fused-ring (bicyclic) bond motifs is 1. The topological polar surface area (TPSA) is 35.8 Å². The molecule has 18 heavy (non-hydrogen) atoms. The van der Waals surface area contributed by atoms with Crippen molar-refractivity contribution in [3.8, 4) is 6.07 Å². The molecule has 88 valence electrons. The molecular formula is C15H12N2S. The maximum atomic E-state index is 8.77. The van der Waals surface area contributed by atoms with E-state index in [2.05, 4.69) is 35.7 Å². The van der Waals surface area contributed by atoms with Crippen LogP contribution in [0.1, 0.15) is 17.2 Å². The van der Waals surface area contributed by atoms with Gasteiger partial charge in [-0.05, 0) is 35.9 Å². The third kappa shape index (κ3) is 2.07. The van der Waals surface area contributed by atoms with Gasteiger partial charge in [0.2, 0.25) is 0 Å². The highest BCUT2D eigenvalue weighted by molar-refractivity contribution is 7.99. The maximum absolute atomic E-state index is 8.77. The van der Waals surface area contributed by atoms with Gasteiger partial charge in [0.1, 0.15) is 0 Å². The second kappa shape index (κ2) is 4.75. The van der Waals surface area contributed by atoms with E-state index < -0.39 is 0 Å².